The molecule has 0 saturated heterocycles. The minimum absolute atomic E-state index is 0.0896. The van der Waals surface area contributed by atoms with Gasteiger partial charge >= 0.3 is 30.5 Å². The third-order valence-electron chi connectivity index (χ3n) is 26.9. The van der Waals surface area contributed by atoms with Crippen LogP contribution in [0.15, 0.2) is 283 Å². The summed E-state index contributed by atoms with van der Waals surface area (Å²) in [5.74, 6) is 9.72. The number of halogens is 8. The van der Waals surface area contributed by atoms with Gasteiger partial charge in [-0.15, -0.1) is 5.92 Å². The molecule has 25 nitrogen and oxygen atoms in total. The number of rotatable bonds is 16. The van der Waals surface area contributed by atoms with Crippen molar-refractivity contribution in [3.05, 3.63) is 378 Å². The summed E-state index contributed by atoms with van der Waals surface area (Å²) >= 11 is 24.3. The van der Waals surface area contributed by atoms with E-state index in [9.17, 15) is 32.8 Å². The first-order valence-corrected chi connectivity index (χ1v) is 52.2. The lowest BCUT2D eigenvalue weighted by Gasteiger charge is -2.35. The lowest BCUT2D eigenvalue weighted by atomic mass is 9.92. The summed E-state index contributed by atoms with van der Waals surface area (Å²) < 4.78 is 84.6. The van der Waals surface area contributed by atoms with Gasteiger partial charge in [0.25, 0.3) is 0 Å². The van der Waals surface area contributed by atoms with E-state index in [2.05, 4.69) is 141 Å². The minimum atomic E-state index is -0.697. The zero-order valence-electron chi connectivity index (χ0n) is 81.5. The molecule has 12 aromatic carbocycles. The van der Waals surface area contributed by atoms with Crippen LogP contribution < -0.4 is 33.2 Å². The van der Waals surface area contributed by atoms with Crippen molar-refractivity contribution >= 4 is 176 Å². The number of aromatic nitrogens is 5. The number of hydrogen-bond donors (Lipinski definition) is 5. The van der Waals surface area contributed by atoms with Crippen molar-refractivity contribution in [2.75, 3.05) is 94.8 Å². The molecule has 0 saturated carbocycles. The van der Waals surface area contributed by atoms with E-state index in [1.807, 2.05) is 195 Å². The van der Waals surface area contributed by atoms with E-state index < -0.39 is 25.0 Å². The summed E-state index contributed by atoms with van der Waals surface area (Å²) in [6, 6.07) is 79.8. The Morgan fingerprint density at radius 2 is 0.568 bits per heavy atom. The summed E-state index contributed by atoms with van der Waals surface area (Å²) in [6.45, 7) is 5.74. The number of methoxy groups -OCH3 is 5. The maximum Gasteiger partial charge on any atom is 0.416 e. The second-order valence-corrected chi connectivity index (χ2v) is 39.8. The fourth-order valence-corrected chi connectivity index (χ4v) is 23.3. The molecule has 0 spiro atoms. The number of alkyl halides is 1. The fourth-order valence-electron chi connectivity index (χ4n) is 20.1. The van der Waals surface area contributed by atoms with E-state index in [4.69, 9.17) is 59.0 Å². The molecule has 0 aliphatic carbocycles. The Kier molecular flexibility index (Phi) is 32.9. The Morgan fingerprint density at radius 1 is 0.331 bits per heavy atom. The van der Waals surface area contributed by atoms with Crippen molar-refractivity contribution in [2.45, 2.75) is 76.2 Å². The predicted molar refractivity (Wildman–Crippen MR) is 585 cm³/mol. The summed E-state index contributed by atoms with van der Waals surface area (Å²) in [6.07, 6.45) is 1.57. The topological polar surface area (TPSA) is 273 Å². The van der Waals surface area contributed by atoms with Gasteiger partial charge in [0.2, 0.25) is 0 Å². The second kappa shape index (κ2) is 46.9. The highest BCUT2D eigenvalue weighted by atomic mass is 79.9. The molecular weight excluding hydrogens is 2230 g/mol. The third-order valence-corrected chi connectivity index (χ3v) is 30.4. The summed E-state index contributed by atoms with van der Waals surface area (Å²) in [4.78, 5) is 91.0. The number of carbonyl (C=O) groups excluding carboxylic acids is 5. The molecule has 0 radical (unpaired) electrons. The number of ether oxygens (including phenoxy) is 10. The number of fused-ring (bicyclic) bond motifs is 15. The Hall–Kier alpha value is -14.2. The number of carbonyl (C=O) groups is 5. The Bertz CT molecular complexity index is 7570. The molecule has 5 N–H and O–H groups in total. The quantitative estimate of drug-likeness (QED) is 0.0444. The fraction of sp³-hybridized carbons (Fsp3) is 0.226. The highest BCUT2D eigenvalue weighted by molar-refractivity contribution is 9.11. The molecule has 0 bridgehead atoms. The van der Waals surface area contributed by atoms with Gasteiger partial charge in [-0.25, -0.2) is 32.8 Å². The zero-order chi connectivity index (χ0) is 104. The number of nitrogens with zero attached hydrogens (tertiary/aromatic N) is 5. The molecule has 10 heterocycles. The van der Waals surface area contributed by atoms with E-state index >= 15 is 0 Å². The molecule has 5 aliphatic rings. The van der Waals surface area contributed by atoms with Crippen LogP contribution in [-0.2, 0) is 46.3 Å². The Morgan fingerprint density at radius 3 is 0.811 bits per heavy atom. The average Bonchev–Trinajstić information content (AvgIpc) is 1.61. The number of hydrogen-bond acceptors (Lipinski definition) is 15. The number of aromatic amines is 5. The summed E-state index contributed by atoms with van der Waals surface area (Å²) in [5.41, 5.74) is 21.0. The minimum Gasteiger partial charge on any atom is -0.497 e. The summed E-state index contributed by atoms with van der Waals surface area (Å²) in [5, 5.41) is 6.37. The first-order chi connectivity index (χ1) is 72.0. The van der Waals surface area contributed by atoms with E-state index in [1.165, 1.54) is 62.9 Å². The first kappa shape index (κ1) is 104. The Labute approximate surface area is 899 Å². The van der Waals surface area contributed by atoms with Crippen LogP contribution in [-0.4, -0.2) is 175 Å². The van der Waals surface area contributed by atoms with Crippen molar-refractivity contribution in [3.63, 3.8) is 0 Å². The van der Waals surface area contributed by atoms with E-state index in [0.29, 0.717) is 68.7 Å². The van der Waals surface area contributed by atoms with Gasteiger partial charge in [0, 0.05) is 143 Å². The molecule has 0 fully saturated rings. The average molecular weight is 2340 g/mol. The molecule has 33 heteroatoms. The molecule has 5 atom stereocenters. The summed E-state index contributed by atoms with van der Waals surface area (Å²) in [7, 11) is 8.16. The van der Waals surface area contributed by atoms with Gasteiger partial charge in [0.15, 0.2) is 6.61 Å². The number of nitrogens with one attached hydrogen (secondary N) is 5. The molecular formula is C115H102Br5ClF2N10O15. The molecule has 5 aromatic heterocycles. The van der Waals surface area contributed by atoms with Crippen LogP contribution in [0.5, 0.6) is 40.2 Å². The SMILES string of the molecule is CC#CCOC(=O)N1CCc2c([nH]c3cccc(Br)c23)C1c1ccc(OC)cc1.CCOC(=O)N1CCc2c([nH]c3cccc(Br)c23)C1c1ccc(OC)cc1.COc1ccc(C2c3[nH]c4cccc(Br)c4c3CCN2C(=O)OCCF)cc1.COc1ccc(C2c3[nH]c4cccc(Br)c4c3CCN2C(=O)Oc2ccc(Cl)cc2)cc1.COc1ccc(C2c3[nH]c4cccc(Br)c4c3CCN2C(=O)Oc2ccc(F)cc2)cc1. The standard InChI is InChI=1S/C25H20BrClN2O3.C25H20BrFN2O3.C23H21BrN2O3.C21H20BrFN2O3.C21H21BrN2O3/c2*1-31-17-9-5-15(6-10-17)24-23-19(22-20(26)3-2-4-21(22)28-23)13-14-29(24)25(30)32-18-11-7-16(27)8-12-18;1-3-4-14-29-23(27)26-13-12-17-20-18(24)6-5-7-19(20)25-21(17)22(26)15-8-10-16(28-2)11-9-15;1-27-14-7-5-13(6-8-14)20-19-15(9-11-25(20)21(26)28-12-10-23)18-16(22)3-2-4-17(18)24-19;1-3-27-21(25)24-12-11-15-18-16(22)5-4-6-17(18)23-19(15)20(24)13-7-9-14(26-2)10-8-13/h2*2-12,24,28H,13-14H2,1H3;5-11,22,25H,12-14H2,1-2H3;2-8,20,24H,9-12H2,1H3;4-10,20,23H,3,11-12H2,1-2H3. The number of amides is 5. The number of benzene rings is 12. The van der Waals surface area contributed by atoms with Crippen LogP contribution >= 0.6 is 91.3 Å². The van der Waals surface area contributed by atoms with Crippen LogP contribution in [0.4, 0.5) is 32.8 Å². The highest BCUT2D eigenvalue weighted by Gasteiger charge is 2.43. The molecule has 17 aromatic rings. The van der Waals surface area contributed by atoms with Crippen LogP contribution in [0.25, 0.3) is 54.5 Å². The maximum absolute atomic E-state index is 13.3. The van der Waals surface area contributed by atoms with Crippen LogP contribution in [0.1, 0.15) is 128 Å². The largest absolute Gasteiger partial charge is 0.497 e. The predicted octanol–water partition coefficient (Wildman–Crippen LogP) is 28.0. The zero-order valence-corrected chi connectivity index (χ0v) is 90.2. The van der Waals surface area contributed by atoms with Gasteiger partial charge in [0.05, 0.1) is 42.2 Å². The molecule has 758 valence electrons. The van der Waals surface area contributed by atoms with Crippen molar-refractivity contribution in [1.82, 2.24) is 49.4 Å². The molecule has 148 heavy (non-hydrogen) atoms. The second-order valence-electron chi connectivity index (χ2n) is 35.1. The van der Waals surface area contributed by atoms with Crippen molar-refractivity contribution in [1.29, 1.82) is 0 Å². The van der Waals surface area contributed by atoms with E-state index in [-0.39, 0.29) is 61.4 Å². The molecule has 5 unspecified atom stereocenters. The lowest BCUT2D eigenvalue weighted by Crippen LogP contribution is -2.42. The molecule has 5 amide bonds. The van der Waals surface area contributed by atoms with Gasteiger partial charge in [-0.3, -0.25) is 24.5 Å². The van der Waals surface area contributed by atoms with Crippen molar-refractivity contribution in [2.24, 2.45) is 0 Å². The number of H-pyrrole nitrogens is 5. The van der Waals surface area contributed by atoms with Gasteiger partial charge < -0.3 is 72.3 Å². The van der Waals surface area contributed by atoms with E-state index in [1.54, 1.807) is 91.2 Å². The normalized spacial score (nSPS) is 15.7. The van der Waals surface area contributed by atoms with E-state index in [0.717, 1.165) is 170 Å². The lowest BCUT2D eigenvalue weighted by molar-refractivity contribution is 0.0836. The first-order valence-electron chi connectivity index (χ1n) is 47.9. The maximum atomic E-state index is 13.3. The smallest absolute Gasteiger partial charge is 0.416 e. The monoisotopic (exact) mass is 2330 g/mol. The van der Waals surface area contributed by atoms with Gasteiger partial charge in [-0.2, -0.15) is 0 Å². The van der Waals surface area contributed by atoms with Gasteiger partial charge in [0.1, 0.15) is 89.6 Å². The van der Waals surface area contributed by atoms with Gasteiger partial charge in [-0.05, 0) is 271 Å². The third kappa shape index (κ3) is 21.9. The van der Waals surface area contributed by atoms with Crippen LogP contribution in [0, 0.1) is 17.7 Å². The van der Waals surface area contributed by atoms with Crippen molar-refractivity contribution in [3.8, 4) is 52.1 Å². The van der Waals surface area contributed by atoms with Crippen LogP contribution in [0.3, 0.4) is 0 Å². The van der Waals surface area contributed by atoms with Crippen LogP contribution in [0.2, 0.25) is 5.02 Å². The highest BCUT2D eigenvalue weighted by Crippen LogP contribution is 2.49. The molecule has 5 aliphatic heterocycles. The van der Waals surface area contributed by atoms with Crippen molar-refractivity contribution < 1.29 is 80.1 Å². The Balaban J connectivity index is 0.000000121. The van der Waals surface area contributed by atoms with Gasteiger partial charge in [-0.1, -0.05) is 188 Å². The molecule has 22 rings (SSSR count).